The van der Waals surface area contributed by atoms with Crippen LogP contribution in [0.4, 0.5) is 0 Å². The highest BCUT2D eigenvalue weighted by molar-refractivity contribution is 7.80. The number of aromatic nitrogens is 1. The van der Waals surface area contributed by atoms with Gasteiger partial charge >= 0.3 is 0 Å². The second-order valence-corrected chi connectivity index (χ2v) is 5.94. The Hall–Kier alpha value is -1.49. The molecule has 3 N–H and O–H groups in total. The van der Waals surface area contributed by atoms with Crippen molar-refractivity contribution in [3.63, 3.8) is 0 Å². The standard InChI is InChI=1S/C14H19N3OS/c1-9(2)14(5-6-14)8-17-13(18)11-4-3-10(7-16-11)12(15)19/h3-4,7,9H,5-6,8H2,1-2H3,(H2,15,19)(H,17,18). The van der Waals surface area contributed by atoms with Crippen molar-refractivity contribution < 1.29 is 4.79 Å². The molecule has 102 valence electrons. The van der Waals surface area contributed by atoms with Gasteiger partial charge in [0.05, 0.1) is 0 Å². The normalized spacial score (nSPS) is 16.2. The lowest BCUT2D eigenvalue weighted by molar-refractivity contribution is 0.0935. The Morgan fingerprint density at radius 3 is 2.63 bits per heavy atom. The van der Waals surface area contributed by atoms with Gasteiger partial charge in [-0.25, -0.2) is 0 Å². The Morgan fingerprint density at radius 2 is 2.21 bits per heavy atom. The zero-order valence-corrected chi connectivity index (χ0v) is 12.1. The van der Waals surface area contributed by atoms with Crippen LogP contribution in [-0.2, 0) is 0 Å². The molecule has 1 aliphatic carbocycles. The molecule has 1 fully saturated rings. The topological polar surface area (TPSA) is 68.0 Å². The Kier molecular flexibility index (Phi) is 3.85. The van der Waals surface area contributed by atoms with Crippen LogP contribution in [0, 0.1) is 11.3 Å². The minimum Gasteiger partial charge on any atom is -0.389 e. The Labute approximate surface area is 118 Å². The first kappa shape index (κ1) is 13.9. The van der Waals surface area contributed by atoms with Gasteiger partial charge in [0.1, 0.15) is 10.7 Å². The summed E-state index contributed by atoms with van der Waals surface area (Å²) in [4.78, 5) is 16.4. The highest BCUT2D eigenvalue weighted by Gasteiger charge is 2.45. The van der Waals surface area contributed by atoms with Gasteiger partial charge in [0.15, 0.2) is 0 Å². The van der Waals surface area contributed by atoms with Crippen LogP contribution in [0.1, 0.15) is 42.7 Å². The molecule has 1 heterocycles. The summed E-state index contributed by atoms with van der Waals surface area (Å²) < 4.78 is 0. The quantitative estimate of drug-likeness (QED) is 0.806. The first-order chi connectivity index (χ1) is 8.94. The molecule has 0 atom stereocenters. The first-order valence-corrected chi connectivity index (χ1v) is 6.89. The van der Waals surface area contributed by atoms with E-state index in [4.69, 9.17) is 18.0 Å². The van der Waals surface area contributed by atoms with Crippen molar-refractivity contribution in [3.8, 4) is 0 Å². The van der Waals surface area contributed by atoms with Crippen LogP contribution in [-0.4, -0.2) is 22.4 Å². The first-order valence-electron chi connectivity index (χ1n) is 6.49. The highest BCUT2D eigenvalue weighted by atomic mass is 32.1. The molecule has 2 rings (SSSR count). The maximum Gasteiger partial charge on any atom is 0.269 e. The van der Waals surface area contributed by atoms with E-state index in [0.29, 0.717) is 22.6 Å². The minimum atomic E-state index is -0.138. The van der Waals surface area contributed by atoms with Gasteiger partial charge in [0, 0.05) is 18.3 Å². The minimum absolute atomic E-state index is 0.138. The fraction of sp³-hybridized carbons (Fsp3) is 0.500. The number of hydrogen-bond acceptors (Lipinski definition) is 3. The van der Waals surface area contributed by atoms with Crippen molar-refractivity contribution in [3.05, 3.63) is 29.6 Å². The van der Waals surface area contributed by atoms with Gasteiger partial charge in [-0.1, -0.05) is 26.1 Å². The summed E-state index contributed by atoms with van der Waals surface area (Å²) in [6.45, 7) is 5.13. The summed E-state index contributed by atoms with van der Waals surface area (Å²) in [5, 5.41) is 2.97. The number of rotatable bonds is 5. The Balaban J connectivity index is 1.95. The largest absolute Gasteiger partial charge is 0.389 e. The number of carbonyl (C=O) groups is 1. The van der Waals surface area contributed by atoms with E-state index >= 15 is 0 Å². The van der Waals surface area contributed by atoms with Gasteiger partial charge in [0.2, 0.25) is 0 Å². The van der Waals surface area contributed by atoms with Crippen LogP contribution in [0.2, 0.25) is 0 Å². The third kappa shape index (κ3) is 3.10. The van der Waals surface area contributed by atoms with Crippen LogP contribution < -0.4 is 11.1 Å². The van der Waals surface area contributed by atoms with Crippen molar-refractivity contribution in [2.45, 2.75) is 26.7 Å². The molecule has 1 saturated carbocycles. The average molecular weight is 277 g/mol. The predicted octanol–water partition coefficient (Wildman–Crippen LogP) is 1.88. The van der Waals surface area contributed by atoms with Crippen LogP contribution in [0.5, 0.6) is 0 Å². The summed E-state index contributed by atoms with van der Waals surface area (Å²) >= 11 is 4.85. The lowest BCUT2D eigenvalue weighted by Gasteiger charge is -2.19. The molecule has 0 saturated heterocycles. The molecular weight excluding hydrogens is 258 g/mol. The van der Waals surface area contributed by atoms with Crippen LogP contribution in [0.15, 0.2) is 18.3 Å². The molecule has 1 amide bonds. The van der Waals surface area contributed by atoms with E-state index in [1.165, 1.54) is 19.0 Å². The maximum absolute atomic E-state index is 12.0. The van der Waals surface area contributed by atoms with E-state index in [9.17, 15) is 4.79 Å². The molecule has 1 aromatic heterocycles. The molecule has 19 heavy (non-hydrogen) atoms. The summed E-state index contributed by atoms with van der Waals surface area (Å²) in [6, 6.07) is 3.37. The maximum atomic E-state index is 12.0. The monoisotopic (exact) mass is 277 g/mol. The summed E-state index contributed by atoms with van der Waals surface area (Å²) in [7, 11) is 0. The van der Waals surface area contributed by atoms with Gasteiger partial charge < -0.3 is 11.1 Å². The van der Waals surface area contributed by atoms with Crippen molar-refractivity contribution in [1.82, 2.24) is 10.3 Å². The smallest absolute Gasteiger partial charge is 0.269 e. The molecule has 4 nitrogen and oxygen atoms in total. The number of carbonyl (C=O) groups excluding carboxylic acids is 1. The van der Waals surface area contributed by atoms with Crippen LogP contribution in [0.25, 0.3) is 0 Å². The van der Waals surface area contributed by atoms with Crippen molar-refractivity contribution in [2.24, 2.45) is 17.1 Å². The van der Waals surface area contributed by atoms with E-state index in [0.717, 1.165) is 6.54 Å². The van der Waals surface area contributed by atoms with Gasteiger partial charge in [-0.2, -0.15) is 0 Å². The molecule has 0 bridgehead atoms. The highest BCUT2D eigenvalue weighted by Crippen LogP contribution is 2.51. The molecule has 1 aromatic rings. The molecular formula is C14H19N3OS. The zero-order chi connectivity index (χ0) is 14.0. The number of thiocarbonyl (C=S) groups is 1. The molecule has 0 aliphatic heterocycles. The molecule has 1 aliphatic rings. The molecule has 0 radical (unpaired) electrons. The summed E-state index contributed by atoms with van der Waals surface area (Å²) in [5.41, 5.74) is 6.86. The second-order valence-electron chi connectivity index (χ2n) is 5.50. The van der Waals surface area contributed by atoms with Gasteiger partial charge in [0.25, 0.3) is 5.91 Å². The second kappa shape index (κ2) is 5.25. The van der Waals surface area contributed by atoms with E-state index in [2.05, 4.69) is 24.1 Å². The van der Waals surface area contributed by atoms with Crippen molar-refractivity contribution >= 4 is 23.1 Å². The number of pyridine rings is 1. The third-order valence-corrected chi connectivity index (χ3v) is 4.23. The average Bonchev–Trinajstić information content (AvgIpc) is 3.17. The number of hydrogen-bond donors (Lipinski definition) is 2. The lowest BCUT2D eigenvalue weighted by Crippen LogP contribution is -2.33. The number of nitrogens with one attached hydrogen (secondary N) is 1. The van der Waals surface area contributed by atoms with E-state index in [1.807, 2.05) is 0 Å². The van der Waals surface area contributed by atoms with Gasteiger partial charge in [-0.05, 0) is 36.3 Å². The lowest BCUT2D eigenvalue weighted by atomic mass is 9.92. The van der Waals surface area contributed by atoms with Crippen molar-refractivity contribution in [2.75, 3.05) is 6.54 Å². The SMILES string of the molecule is CC(C)C1(CNC(=O)c2ccc(C(N)=S)cn2)CC1. The Bertz CT molecular complexity index is 492. The van der Waals surface area contributed by atoms with Gasteiger partial charge in [-0.15, -0.1) is 0 Å². The third-order valence-electron chi connectivity index (χ3n) is 4.00. The van der Waals surface area contributed by atoms with E-state index < -0.39 is 0 Å². The fourth-order valence-corrected chi connectivity index (χ4v) is 2.26. The fourth-order valence-electron chi connectivity index (χ4n) is 2.14. The number of amides is 1. The van der Waals surface area contributed by atoms with Crippen LogP contribution >= 0.6 is 12.2 Å². The zero-order valence-electron chi connectivity index (χ0n) is 11.3. The number of nitrogens with two attached hydrogens (primary N) is 1. The number of nitrogens with zero attached hydrogens (tertiary/aromatic N) is 1. The van der Waals surface area contributed by atoms with Gasteiger partial charge in [-0.3, -0.25) is 9.78 Å². The van der Waals surface area contributed by atoms with E-state index in [1.54, 1.807) is 12.1 Å². The van der Waals surface area contributed by atoms with Crippen LogP contribution in [0.3, 0.4) is 0 Å². The molecule has 0 unspecified atom stereocenters. The molecule has 0 aromatic carbocycles. The molecule has 0 spiro atoms. The van der Waals surface area contributed by atoms with E-state index in [-0.39, 0.29) is 10.9 Å². The Morgan fingerprint density at radius 1 is 1.53 bits per heavy atom. The summed E-state index contributed by atoms with van der Waals surface area (Å²) in [6.07, 6.45) is 3.92. The molecule has 5 heteroatoms. The van der Waals surface area contributed by atoms with Crippen molar-refractivity contribution in [1.29, 1.82) is 0 Å². The predicted molar refractivity (Wildman–Crippen MR) is 79.0 cm³/mol. The summed E-state index contributed by atoms with van der Waals surface area (Å²) in [5.74, 6) is 0.458.